The van der Waals surface area contributed by atoms with E-state index >= 15 is 0 Å². The van der Waals surface area contributed by atoms with E-state index in [4.69, 9.17) is 11.6 Å². The van der Waals surface area contributed by atoms with Gasteiger partial charge < -0.3 is 5.32 Å². The van der Waals surface area contributed by atoms with Gasteiger partial charge in [-0.05, 0) is 36.8 Å². The Morgan fingerprint density at radius 3 is 2.52 bits per heavy atom. The summed E-state index contributed by atoms with van der Waals surface area (Å²) < 4.78 is 42.4. The lowest BCUT2D eigenvalue weighted by Gasteiger charge is -2.14. The van der Waals surface area contributed by atoms with Gasteiger partial charge in [-0.2, -0.15) is 33.7 Å². The molecule has 0 aliphatic carbocycles. The van der Waals surface area contributed by atoms with E-state index in [1.165, 1.54) is 42.9 Å². The number of hydrogen-bond acceptors (Lipinski definition) is 6. The van der Waals surface area contributed by atoms with Gasteiger partial charge in [-0.1, -0.05) is 11.6 Å². The predicted molar refractivity (Wildman–Crippen MR) is 110 cm³/mol. The minimum Gasteiger partial charge on any atom is -0.320 e. The summed E-state index contributed by atoms with van der Waals surface area (Å²) in [5.74, 6) is -0.974. The summed E-state index contributed by atoms with van der Waals surface area (Å²) in [6.45, 7) is 1.58. The molecule has 0 radical (unpaired) electrons. The van der Waals surface area contributed by atoms with E-state index in [0.29, 0.717) is 15.3 Å². The molecule has 0 aliphatic heterocycles. The van der Waals surface area contributed by atoms with Crippen LogP contribution in [0.25, 0.3) is 11.5 Å². The highest BCUT2D eigenvalue weighted by molar-refractivity contribution is 6.30. The number of hydrogen-bond donors (Lipinski definition) is 1. The van der Waals surface area contributed by atoms with Crippen molar-refractivity contribution in [2.45, 2.75) is 13.1 Å². The lowest BCUT2D eigenvalue weighted by Crippen LogP contribution is -2.21. The van der Waals surface area contributed by atoms with Gasteiger partial charge in [0.15, 0.2) is 11.5 Å². The standard InChI is InChI=1S/C20H12ClF3N8O/c1-11-6-13(21)2-3-16(11)31-17(20(22,23)24)15(10-29-31)19(33)30-14-7-12(8-25)18(26-9-14)32-27-4-5-28-32/h2-7,9-10H,1H3,(H,30,33). The third-order valence-electron chi connectivity index (χ3n) is 4.52. The fourth-order valence-corrected chi connectivity index (χ4v) is 3.34. The van der Waals surface area contributed by atoms with Crippen LogP contribution in [0.5, 0.6) is 0 Å². The van der Waals surface area contributed by atoms with Gasteiger partial charge in [0, 0.05) is 5.02 Å². The molecule has 9 nitrogen and oxygen atoms in total. The first-order valence-corrected chi connectivity index (χ1v) is 9.56. The zero-order valence-corrected chi connectivity index (χ0v) is 17.4. The minimum atomic E-state index is -4.89. The molecule has 0 atom stereocenters. The van der Waals surface area contributed by atoms with Crippen molar-refractivity contribution < 1.29 is 18.0 Å². The highest BCUT2D eigenvalue weighted by Gasteiger charge is 2.40. The zero-order chi connectivity index (χ0) is 23.8. The number of carbonyl (C=O) groups excluding carboxylic acids is 1. The molecule has 1 N–H and O–H groups in total. The van der Waals surface area contributed by atoms with Crippen LogP contribution in [0.4, 0.5) is 18.9 Å². The van der Waals surface area contributed by atoms with Crippen molar-refractivity contribution in [2.24, 2.45) is 0 Å². The fraction of sp³-hybridized carbons (Fsp3) is 0.100. The molecule has 0 spiro atoms. The van der Waals surface area contributed by atoms with E-state index in [1.807, 2.05) is 6.07 Å². The molecule has 3 heterocycles. The number of carbonyl (C=O) groups is 1. The number of rotatable bonds is 4. The lowest BCUT2D eigenvalue weighted by molar-refractivity contribution is -0.143. The highest BCUT2D eigenvalue weighted by Crippen LogP contribution is 2.35. The Balaban J connectivity index is 1.71. The number of aryl methyl sites for hydroxylation is 1. The molecule has 0 saturated heterocycles. The maximum absolute atomic E-state index is 13.9. The summed E-state index contributed by atoms with van der Waals surface area (Å²) >= 11 is 5.89. The number of halogens is 4. The molecule has 166 valence electrons. The van der Waals surface area contributed by atoms with E-state index in [9.17, 15) is 23.2 Å². The predicted octanol–water partition coefficient (Wildman–Crippen LogP) is 3.95. The molecule has 3 aromatic heterocycles. The van der Waals surface area contributed by atoms with Gasteiger partial charge in [-0.25, -0.2) is 9.67 Å². The molecule has 0 unspecified atom stereocenters. The second kappa shape index (κ2) is 8.36. The Morgan fingerprint density at radius 1 is 1.15 bits per heavy atom. The summed E-state index contributed by atoms with van der Waals surface area (Å²) in [5, 5.41) is 23.6. The fourth-order valence-electron chi connectivity index (χ4n) is 3.12. The van der Waals surface area contributed by atoms with Crippen LogP contribution < -0.4 is 5.32 Å². The van der Waals surface area contributed by atoms with Crippen LogP contribution in [0, 0.1) is 18.3 Å². The molecule has 0 aliphatic rings. The van der Waals surface area contributed by atoms with Crippen molar-refractivity contribution in [1.29, 1.82) is 5.26 Å². The van der Waals surface area contributed by atoms with E-state index < -0.39 is 23.3 Å². The van der Waals surface area contributed by atoms with Crippen LogP contribution in [-0.2, 0) is 6.18 Å². The molecular formula is C20H12ClF3N8O. The van der Waals surface area contributed by atoms with Crippen LogP contribution in [-0.4, -0.2) is 35.7 Å². The van der Waals surface area contributed by atoms with Gasteiger partial charge in [0.1, 0.15) is 11.6 Å². The minimum absolute atomic E-state index is 0.00697. The van der Waals surface area contributed by atoms with Crippen LogP contribution in [0.3, 0.4) is 0 Å². The van der Waals surface area contributed by atoms with Gasteiger partial charge in [0.2, 0.25) is 0 Å². The van der Waals surface area contributed by atoms with E-state index in [0.717, 1.165) is 11.0 Å². The Labute approximate surface area is 189 Å². The summed E-state index contributed by atoms with van der Waals surface area (Å²) in [6.07, 6.45) is -0.110. The second-order valence-electron chi connectivity index (χ2n) is 6.73. The van der Waals surface area contributed by atoms with E-state index in [1.54, 1.807) is 6.92 Å². The maximum atomic E-state index is 13.9. The highest BCUT2D eigenvalue weighted by atomic mass is 35.5. The summed E-state index contributed by atoms with van der Waals surface area (Å²) in [6, 6.07) is 7.44. The third-order valence-corrected chi connectivity index (χ3v) is 4.76. The molecule has 4 aromatic rings. The smallest absolute Gasteiger partial charge is 0.320 e. The number of alkyl halides is 3. The number of aromatic nitrogens is 6. The van der Waals surface area contributed by atoms with Gasteiger partial charge in [-0.15, -0.1) is 4.80 Å². The quantitative estimate of drug-likeness (QED) is 0.481. The number of pyridine rings is 1. The molecule has 4 rings (SSSR count). The number of amides is 1. The second-order valence-corrected chi connectivity index (χ2v) is 7.16. The van der Waals surface area contributed by atoms with E-state index in [-0.39, 0.29) is 22.8 Å². The first-order valence-electron chi connectivity index (χ1n) is 9.19. The third kappa shape index (κ3) is 4.26. The van der Waals surface area contributed by atoms with Crippen LogP contribution in [0.15, 0.2) is 49.1 Å². The first kappa shape index (κ1) is 22.0. The number of nitriles is 1. The molecule has 33 heavy (non-hydrogen) atoms. The normalized spacial score (nSPS) is 11.3. The number of nitrogens with one attached hydrogen (secondary N) is 1. The Hall–Kier alpha value is -4.24. The number of anilines is 1. The average Bonchev–Trinajstić information content (AvgIpc) is 3.43. The van der Waals surface area contributed by atoms with Crippen molar-refractivity contribution in [1.82, 2.24) is 29.8 Å². The Kier molecular flexibility index (Phi) is 5.57. The molecule has 0 saturated carbocycles. The summed E-state index contributed by atoms with van der Waals surface area (Å²) in [4.78, 5) is 17.9. The van der Waals surface area contributed by atoms with Crippen molar-refractivity contribution in [2.75, 3.05) is 5.32 Å². The lowest BCUT2D eigenvalue weighted by atomic mass is 10.1. The Bertz CT molecular complexity index is 1390. The van der Waals surface area contributed by atoms with Gasteiger partial charge in [0.25, 0.3) is 5.91 Å². The zero-order valence-electron chi connectivity index (χ0n) is 16.7. The molecule has 13 heteroatoms. The SMILES string of the molecule is Cc1cc(Cl)ccc1-n1ncc(C(=O)Nc2cnc(-n3nccn3)c(C#N)c2)c1C(F)(F)F. The van der Waals surface area contributed by atoms with Gasteiger partial charge in [0.05, 0.1) is 41.7 Å². The molecule has 0 fully saturated rings. The van der Waals surface area contributed by atoms with Gasteiger partial charge >= 0.3 is 6.18 Å². The monoisotopic (exact) mass is 472 g/mol. The van der Waals surface area contributed by atoms with Crippen LogP contribution in [0.1, 0.15) is 27.2 Å². The number of nitrogens with zero attached hydrogens (tertiary/aromatic N) is 7. The van der Waals surface area contributed by atoms with Crippen LogP contribution in [0.2, 0.25) is 5.02 Å². The van der Waals surface area contributed by atoms with Crippen molar-refractivity contribution in [3.05, 3.63) is 76.5 Å². The van der Waals surface area contributed by atoms with Crippen molar-refractivity contribution in [3.63, 3.8) is 0 Å². The first-order chi connectivity index (χ1) is 15.7. The average molecular weight is 473 g/mol. The van der Waals surface area contributed by atoms with Gasteiger partial charge in [-0.3, -0.25) is 4.79 Å². The Morgan fingerprint density at radius 2 is 1.88 bits per heavy atom. The topological polar surface area (TPSA) is 114 Å². The molecular weight excluding hydrogens is 461 g/mol. The number of benzene rings is 1. The maximum Gasteiger partial charge on any atom is 0.434 e. The van der Waals surface area contributed by atoms with Crippen molar-refractivity contribution in [3.8, 4) is 17.6 Å². The van der Waals surface area contributed by atoms with Crippen molar-refractivity contribution >= 4 is 23.2 Å². The molecule has 1 amide bonds. The largest absolute Gasteiger partial charge is 0.434 e. The summed E-state index contributed by atoms with van der Waals surface area (Å²) in [7, 11) is 0. The van der Waals surface area contributed by atoms with E-state index in [2.05, 4.69) is 25.6 Å². The molecule has 0 bridgehead atoms. The summed E-state index contributed by atoms with van der Waals surface area (Å²) in [5.41, 5.74) is -1.38. The van der Waals surface area contributed by atoms with Crippen LogP contribution >= 0.6 is 11.6 Å². The molecule has 1 aromatic carbocycles.